The lowest BCUT2D eigenvalue weighted by Crippen LogP contribution is -2.46. The molecule has 24 heavy (non-hydrogen) atoms. The van der Waals surface area contributed by atoms with E-state index >= 15 is 0 Å². The van der Waals surface area contributed by atoms with Crippen LogP contribution in [-0.2, 0) is 9.47 Å². The van der Waals surface area contributed by atoms with E-state index in [1.54, 1.807) is 0 Å². The van der Waals surface area contributed by atoms with Crippen molar-refractivity contribution in [3.63, 3.8) is 0 Å². The van der Waals surface area contributed by atoms with E-state index < -0.39 is 5.41 Å². The van der Waals surface area contributed by atoms with Gasteiger partial charge in [0.2, 0.25) is 0 Å². The van der Waals surface area contributed by atoms with Crippen molar-refractivity contribution >= 4 is 0 Å². The molecule has 1 fully saturated rings. The molecule has 0 aromatic rings. The van der Waals surface area contributed by atoms with E-state index in [0.29, 0.717) is 25.0 Å². The Labute approximate surface area is 148 Å². The Kier molecular flexibility index (Phi) is 10.4. The van der Waals surface area contributed by atoms with Crippen molar-refractivity contribution in [2.75, 3.05) is 26.4 Å². The summed E-state index contributed by atoms with van der Waals surface area (Å²) in [7, 11) is 0. The molecule has 144 valence electrons. The number of rotatable bonds is 10. The first-order valence-corrected chi connectivity index (χ1v) is 9.95. The standard InChI is InChI=1S/C20H40O4/c1-5-7-9-17(4)19-11-18(10-16(3)8-6-2)23-14-20(12-21,13-22)15-24-19/h16-19,21-22H,5-15H2,1-4H3. The summed E-state index contributed by atoms with van der Waals surface area (Å²) in [5.74, 6) is 1.11. The second-order valence-corrected chi connectivity index (χ2v) is 8.08. The lowest BCUT2D eigenvalue weighted by atomic mass is 9.87. The topological polar surface area (TPSA) is 58.9 Å². The second-order valence-electron chi connectivity index (χ2n) is 8.08. The van der Waals surface area contributed by atoms with Gasteiger partial charge in [-0.1, -0.05) is 53.4 Å². The Morgan fingerprint density at radius 2 is 1.67 bits per heavy atom. The fourth-order valence-electron chi connectivity index (χ4n) is 3.58. The fraction of sp³-hybridized carbons (Fsp3) is 1.00. The first-order chi connectivity index (χ1) is 11.5. The largest absolute Gasteiger partial charge is 0.396 e. The third kappa shape index (κ3) is 6.99. The predicted molar refractivity (Wildman–Crippen MR) is 98.1 cm³/mol. The minimum absolute atomic E-state index is 0.100. The summed E-state index contributed by atoms with van der Waals surface area (Å²) >= 11 is 0. The summed E-state index contributed by atoms with van der Waals surface area (Å²) in [5, 5.41) is 19.5. The molecule has 0 amide bonds. The highest BCUT2D eigenvalue weighted by Gasteiger charge is 2.36. The van der Waals surface area contributed by atoms with Crippen LogP contribution >= 0.6 is 0 Å². The van der Waals surface area contributed by atoms with Crippen molar-refractivity contribution in [2.24, 2.45) is 17.3 Å². The number of unbranched alkanes of at least 4 members (excludes halogenated alkanes) is 1. The van der Waals surface area contributed by atoms with E-state index in [2.05, 4.69) is 27.7 Å². The highest BCUT2D eigenvalue weighted by Crippen LogP contribution is 2.30. The third-order valence-electron chi connectivity index (χ3n) is 5.49. The molecule has 0 bridgehead atoms. The molecule has 0 aromatic carbocycles. The molecule has 4 unspecified atom stereocenters. The van der Waals surface area contributed by atoms with E-state index in [9.17, 15) is 10.2 Å². The summed E-state index contributed by atoms with van der Waals surface area (Å²) in [6.07, 6.45) is 8.22. The number of ether oxygens (including phenoxy) is 2. The van der Waals surface area contributed by atoms with Crippen LogP contribution in [0.3, 0.4) is 0 Å². The van der Waals surface area contributed by atoms with Crippen LogP contribution in [0.4, 0.5) is 0 Å². The van der Waals surface area contributed by atoms with Crippen molar-refractivity contribution in [3.05, 3.63) is 0 Å². The highest BCUT2D eigenvalue weighted by atomic mass is 16.5. The molecule has 4 atom stereocenters. The van der Waals surface area contributed by atoms with Gasteiger partial charge in [-0.3, -0.25) is 0 Å². The van der Waals surface area contributed by atoms with Gasteiger partial charge < -0.3 is 19.7 Å². The Morgan fingerprint density at radius 3 is 2.25 bits per heavy atom. The summed E-state index contributed by atoms with van der Waals surface area (Å²) in [6, 6.07) is 0. The molecular formula is C20H40O4. The molecule has 0 aliphatic carbocycles. The van der Waals surface area contributed by atoms with Gasteiger partial charge in [0.25, 0.3) is 0 Å². The van der Waals surface area contributed by atoms with E-state index in [1.165, 1.54) is 25.7 Å². The van der Waals surface area contributed by atoms with Crippen LogP contribution in [0, 0.1) is 17.3 Å². The zero-order chi connectivity index (χ0) is 18.0. The van der Waals surface area contributed by atoms with Gasteiger partial charge in [0.15, 0.2) is 0 Å². The second kappa shape index (κ2) is 11.5. The van der Waals surface area contributed by atoms with Crippen molar-refractivity contribution in [3.8, 4) is 0 Å². The third-order valence-corrected chi connectivity index (χ3v) is 5.49. The van der Waals surface area contributed by atoms with Crippen molar-refractivity contribution in [1.29, 1.82) is 0 Å². The van der Waals surface area contributed by atoms with Crippen molar-refractivity contribution in [2.45, 2.75) is 84.8 Å². The van der Waals surface area contributed by atoms with Gasteiger partial charge in [0.1, 0.15) is 0 Å². The lowest BCUT2D eigenvalue weighted by Gasteiger charge is -2.39. The smallest absolute Gasteiger partial charge is 0.0632 e. The molecule has 1 heterocycles. The van der Waals surface area contributed by atoms with Gasteiger partial charge >= 0.3 is 0 Å². The first kappa shape index (κ1) is 21.9. The molecule has 0 spiro atoms. The average molecular weight is 345 g/mol. The molecule has 1 aliphatic rings. The maximum absolute atomic E-state index is 9.76. The van der Waals surface area contributed by atoms with Crippen LogP contribution in [0.15, 0.2) is 0 Å². The Bertz CT molecular complexity index is 317. The van der Waals surface area contributed by atoms with E-state index in [1.807, 2.05) is 0 Å². The number of hydrogen-bond donors (Lipinski definition) is 2. The number of hydrogen-bond acceptors (Lipinski definition) is 4. The Morgan fingerprint density at radius 1 is 1.00 bits per heavy atom. The maximum Gasteiger partial charge on any atom is 0.0632 e. The van der Waals surface area contributed by atoms with Crippen LogP contribution in [0.1, 0.15) is 72.6 Å². The fourth-order valence-corrected chi connectivity index (χ4v) is 3.58. The molecule has 1 aliphatic heterocycles. The van der Waals surface area contributed by atoms with Crippen molar-refractivity contribution in [1.82, 2.24) is 0 Å². The monoisotopic (exact) mass is 344 g/mol. The SMILES string of the molecule is CCCCC(C)C1CC(CC(C)CCC)OCC(CO)(CO)CO1. The first-order valence-electron chi connectivity index (χ1n) is 9.95. The zero-order valence-corrected chi connectivity index (χ0v) is 16.3. The van der Waals surface area contributed by atoms with Gasteiger partial charge in [0.05, 0.1) is 44.1 Å². The maximum atomic E-state index is 9.76. The van der Waals surface area contributed by atoms with E-state index in [0.717, 1.165) is 19.3 Å². The van der Waals surface area contributed by atoms with Crippen LogP contribution in [0.5, 0.6) is 0 Å². The van der Waals surface area contributed by atoms with Gasteiger partial charge in [-0.15, -0.1) is 0 Å². The number of aliphatic hydroxyl groups is 2. The van der Waals surface area contributed by atoms with Crippen LogP contribution < -0.4 is 0 Å². The predicted octanol–water partition coefficient (Wildman–Crippen LogP) is 3.78. The molecular weight excluding hydrogens is 304 g/mol. The van der Waals surface area contributed by atoms with Gasteiger partial charge in [-0.25, -0.2) is 0 Å². The van der Waals surface area contributed by atoms with Crippen LogP contribution in [0.2, 0.25) is 0 Å². The molecule has 4 heteroatoms. The van der Waals surface area contributed by atoms with E-state index in [-0.39, 0.29) is 25.4 Å². The lowest BCUT2D eigenvalue weighted by molar-refractivity contribution is -0.156. The van der Waals surface area contributed by atoms with Crippen LogP contribution in [0.25, 0.3) is 0 Å². The molecule has 0 saturated carbocycles. The normalized spacial score (nSPS) is 27.2. The van der Waals surface area contributed by atoms with Gasteiger partial charge in [-0.2, -0.15) is 0 Å². The summed E-state index contributed by atoms with van der Waals surface area (Å²) < 4.78 is 12.4. The van der Waals surface area contributed by atoms with Crippen LogP contribution in [-0.4, -0.2) is 48.8 Å². The minimum atomic E-state index is -0.671. The zero-order valence-electron chi connectivity index (χ0n) is 16.3. The molecule has 2 N–H and O–H groups in total. The molecule has 1 saturated heterocycles. The molecule has 4 nitrogen and oxygen atoms in total. The Hall–Kier alpha value is -0.160. The van der Waals surface area contributed by atoms with Crippen molar-refractivity contribution < 1.29 is 19.7 Å². The Balaban J connectivity index is 2.78. The summed E-state index contributed by atoms with van der Waals surface area (Å²) in [5.41, 5.74) is -0.671. The quantitative estimate of drug-likeness (QED) is 0.633. The minimum Gasteiger partial charge on any atom is -0.396 e. The number of aliphatic hydroxyl groups excluding tert-OH is 2. The van der Waals surface area contributed by atoms with E-state index in [4.69, 9.17) is 9.47 Å². The summed E-state index contributed by atoms with van der Waals surface area (Å²) in [6.45, 7) is 9.52. The average Bonchev–Trinajstić information content (AvgIpc) is 2.56. The summed E-state index contributed by atoms with van der Waals surface area (Å²) in [4.78, 5) is 0. The van der Waals surface area contributed by atoms with Gasteiger partial charge in [0, 0.05) is 6.42 Å². The highest BCUT2D eigenvalue weighted by molar-refractivity contribution is 4.83. The molecule has 1 rings (SSSR count). The molecule has 0 radical (unpaired) electrons. The molecule has 0 aromatic heterocycles. The van der Waals surface area contributed by atoms with Gasteiger partial charge in [-0.05, 0) is 24.7 Å².